The van der Waals surface area contributed by atoms with Crippen molar-refractivity contribution in [3.63, 3.8) is 0 Å². The Morgan fingerprint density at radius 3 is 1.96 bits per heavy atom. The summed E-state index contributed by atoms with van der Waals surface area (Å²) in [4.78, 5) is 1.80. The van der Waals surface area contributed by atoms with Crippen LogP contribution in [-0.2, 0) is 26.2 Å². The maximum Gasteiger partial charge on any atom is 0.416 e. The molecule has 0 unspecified atom stereocenters. The summed E-state index contributed by atoms with van der Waals surface area (Å²) in [5.41, 5.74) is -0.899. The molecule has 0 spiro atoms. The van der Waals surface area contributed by atoms with Crippen molar-refractivity contribution in [2.24, 2.45) is 0 Å². The lowest BCUT2D eigenvalue weighted by Crippen LogP contribution is -2.48. The molecule has 0 aromatic heterocycles. The smallest absolute Gasteiger partial charge is 0.301 e. The second kappa shape index (κ2) is 8.66. The van der Waals surface area contributed by atoms with Gasteiger partial charge >= 0.3 is 6.18 Å². The number of benzene rings is 1. The predicted molar refractivity (Wildman–Crippen MR) is 98.7 cm³/mol. The highest BCUT2D eigenvalue weighted by atomic mass is 32.2. The third kappa shape index (κ3) is 5.66. The van der Waals surface area contributed by atoms with Gasteiger partial charge in [-0.2, -0.15) is 17.5 Å². The molecule has 0 aliphatic carbocycles. The van der Waals surface area contributed by atoms with Crippen LogP contribution in [0.3, 0.4) is 0 Å². The Kier molecular flexibility index (Phi) is 7.13. The van der Waals surface area contributed by atoms with Gasteiger partial charge in [0.15, 0.2) is 0 Å². The van der Waals surface area contributed by atoms with Crippen molar-refractivity contribution < 1.29 is 30.0 Å². The van der Waals surface area contributed by atoms with Crippen molar-refractivity contribution in [2.45, 2.75) is 17.5 Å². The Hall–Kier alpha value is -1.21. The number of alkyl halides is 3. The molecule has 1 aliphatic heterocycles. The van der Waals surface area contributed by atoms with Crippen LogP contribution < -0.4 is 0 Å². The van der Waals surface area contributed by atoms with E-state index < -0.39 is 31.8 Å². The summed E-state index contributed by atoms with van der Waals surface area (Å²) in [5, 5.41) is 0. The highest BCUT2D eigenvalue weighted by Crippen LogP contribution is 2.30. The molecule has 160 valence electrons. The SMILES string of the molecule is CN(C)S(=O)(=O)CCCN1CCN(S(=O)(=O)c2ccc(C(F)(F)F)cc2)CC1. The molecule has 1 saturated heterocycles. The van der Waals surface area contributed by atoms with Crippen LogP contribution in [0.25, 0.3) is 0 Å². The Morgan fingerprint density at radius 1 is 0.964 bits per heavy atom. The minimum atomic E-state index is -4.52. The van der Waals surface area contributed by atoms with E-state index in [9.17, 15) is 30.0 Å². The minimum Gasteiger partial charge on any atom is -0.301 e. The average Bonchev–Trinajstić information content (AvgIpc) is 2.61. The largest absolute Gasteiger partial charge is 0.416 e. The first kappa shape index (κ1) is 23.1. The van der Waals surface area contributed by atoms with Gasteiger partial charge in [-0.05, 0) is 37.2 Å². The van der Waals surface area contributed by atoms with E-state index in [1.165, 1.54) is 22.7 Å². The fourth-order valence-electron chi connectivity index (χ4n) is 2.81. The number of halogens is 3. The van der Waals surface area contributed by atoms with E-state index in [2.05, 4.69) is 0 Å². The number of hydrogen-bond donors (Lipinski definition) is 0. The topological polar surface area (TPSA) is 78.0 Å². The van der Waals surface area contributed by atoms with Gasteiger partial charge in [0.05, 0.1) is 16.2 Å². The van der Waals surface area contributed by atoms with Gasteiger partial charge in [-0.25, -0.2) is 21.1 Å². The van der Waals surface area contributed by atoms with E-state index in [1.807, 2.05) is 4.90 Å². The average molecular weight is 444 g/mol. The molecule has 2 rings (SSSR count). The van der Waals surface area contributed by atoms with Gasteiger partial charge in [-0.3, -0.25) is 0 Å². The summed E-state index contributed by atoms with van der Waals surface area (Å²) in [6.07, 6.45) is -4.08. The summed E-state index contributed by atoms with van der Waals surface area (Å²) in [5.74, 6) is 0.0179. The fraction of sp³-hybridized carbons (Fsp3) is 0.625. The van der Waals surface area contributed by atoms with Crippen molar-refractivity contribution in [2.75, 3.05) is 52.6 Å². The van der Waals surface area contributed by atoms with E-state index in [-0.39, 0.29) is 23.7 Å². The van der Waals surface area contributed by atoms with Crippen LogP contribution in [0.4, 0.5) is 13.2 Å². The van der Waals surface area contributed by atoms with E-state index in [0.29, 0.717) is 26.1 Å². The predicted octanol–water partition coefficient (Wildman–Crippen LogP) is 1.29. The minimum absolute atomic E-state index is 0.0179. The molecule has 1 heterocycles. The first-order chi connectivity index (χ1) is 12.8. The van der Waals surface area contributed by atoms with Crippen LogP contribution in [0.15, 0.2) is 29.2 Å². The lowest BCUT2D eigenvalue weighted by atomic mass is 10.2. The molecule has 7 nitrogen and oxygen atoms in total. The lowest BCUT2D eigenvalue weighted by molar-refractivity contribution is -0.137. The van der Waals surface area contributed by atoms with Gasteiger partial charge < -0.3 is 4.90 Å². The molecule has 1 aromatic carbocycles. The normalized spacial score (nSPS) is 17.9. The first-order valence-corrected chi connectivity index (χ1v) is 11.7. The Balaban J connectivity index is 1.91. The van der Waals surface area contributed by atoms with Gasteiger partial charge in [0.1, 0.15) is 0 Å². The lowest BCUT2D eigenvalue weighted by Gasteiger charge is -2.34. The zero-order valence-electron chi connectivity index (χ0n) is 15.7. The Morgan fingerprint density at radius 2 is 1.50 bits per heavy atom. The number of sulfonamides is 2. The van der Waals surface area contributed by atoms with Gasteiger partial charge in [0.2, 0.25) is 20.0 Å². The zero-order chi connectivity index (χ0) is 21.2. The van der Waals surface area contributed by atoms with Gasteiger partial charge in [-0.15, -0.1) is 0 Å². The maximum atomic E-state index is 12.6. The summed E-state index contributed by atoms with van der Waals surface area (Å²) in [7, 11) is -4.18. The maximum absolute atomic E-state index is 12.6. The molecule has 0 bridgehead atoms. The molecular formula is C16H24F3N3O4S2. The number of hydrogen-bond acceptors (Lipinski definition) is 5. The van der Waals surface area contributed by atoms with Crippen LogP contribution in [0, 0.1) is 0 Å². The molecular weight excluding hydrogens is 419 g/mol. The summed E-state index contributed by atoms with van der Waals surface area (Å²) >= 11 is 0. The molecule has 1 aromatic rings. The number of rotatable bonds is 7. The quantitative estimate of drug-likeness (QED) is 0.635. The van der Waals surface area contributed by atoms with E-state index in [1.54, 1.807) is 0 Å². The highest BCUT2D eigenvalue weighted by molar-refractivity contribution is 7.89. The third-order valence-electron chi connectivity index (χ3n) is 4.58. The van der Waals surface area contributed by atoms with Crippen LogP contribution in [-0.4, -0.2) is 82.9 Å². The van der Waals surface area contributed by atoms with E-state index in [0.717, 1.165) is 24.3 Å². The Labute approximate surface area is 163 Å². The van der Waals surface area contributed by atoms with Crippen molar-refractivity contribution in [1.82, 2.24) is 13.5 Å². The molecule has 0 radical (unpaired) electrons. The molecule has 0 N–H and O–H groups in total. The summed E-state index contributed by atoms with van der Waals surface area (Å²) in [6, 6.07) is 3.45. The number of nitrogens with zero attached hydrogens (tertiary/aromatic N) is 3. The Bertz CT molecular complexity index is 861. The third-order valence-corrected chi connectivity index (χ3v) is 8.41. The molecule has 0 saturated carbocycles. The monoisotopic (exact) mass is 443 g/mol. The van der Waals surface area contributed by atoms with Gasteiger partial charge in [0, 0.05) is 40.3 Å². The van der Waals surface area contributed by atoms with Crippen molar-refractivity contribution in [3.05, 3.63) is 29.8 Å². The summed E-state index contributed by atoms with van der Waals surface area (Å²) < 4.78 is 89.0. The van der Waals surface area contributed by atoms with Crippen LogP contribution >= 0.6 is 0 Å². The first-order valence-electron chi connectivity index (χ1n) is 8.64. The van der Waals surface area contributed by atoms with Crippen LogP contribution in [0.1, 0.15) is 12.0 Å². The van der Waals surface area contributed by atoms with Crippen molar-refractivity contribution in [3.8, 4) is 0 Å². The zero-order valence-corrected chi connectivity index (χ0v) is 17.3. The van der Waals surface area contributed by atoms with E-state index in [4.69, 9.17) is 0 Å². The summed E-state index contributed by atoms with van der Waals surface area (Å²) in [6.45, 7) is 1.79. The van der Waals surface area contributed by atoms with Crippen molar-refractivity contribution in [1.29, 1.82) is 0 Å². The molecule has 1 aliphatic rings. The molecule has 1 fully saturated rings. The van der Waals surface area contributed by atoms with E-state index >= 15 is 0 Å². The molecule has 12 heteroatoms. The van der Waals surface area contributed by atoms with Gasteiger partial charge in [-0.1, -0.05) is 0 Å². The van der Waals surface area contributed by atoms with Crippen molar-refractivity contribution >= 4 is 20.0 Å². The highest BCUT2D eigenvalue weighted by Gasteiger charge is 2.32. The molecule has 0 amide bonds. The standard InChI is InChI=1S/C16H24F3N3O4S2/c1-20(2)27(23,24)13-3-8-21-9-11-22(12-10-21)28(25,26)15-6-4-14(5-7-15)16(17,18)19/h4-7H,3,8-13H2,1-2H3. The van der Waals surface area contributed by atoms with Gasteiger partial charge in [0.25, 0.3) is 0 Å². The number of piperazine rings is 1. The van der Waals surface area contributed by atoms with Crippen LogP contribution in [0.2, 0.25) is 0 Å². The van der Waals surface area contributed by atoms with Crippen LogP contribution in [0.5, 0.6) is 0 Å². The second-order valence-corrected chi connectivity index (χ2v) is 11.0. The fourth-order valence-corrected chi connectivity index (χ4v) is 5.09. The molecule has 28 heavy (non-hydrogen) atoms. The second-order valence-electron chi connectivity index (χ2n) is 6.72. The molecule has 0 atom stereocenters.